The number of anilines is 1. The van der Waals surface area contributed by atoms with Gasteiger partial charge in [-0.25, -0.2) is 22.0 Å². The van der Waals surface area contributed by atoms with Gasteiger partial charge in [-0.15, -0.1) is 0 Å². The molecule has 0 saturated heterocycles. The highest BCUT2D eigenvalue weighted by molar-refractivity contribution is 7.92. The summed E-state index contributed by atoms with van der Waals surface area (Å²) in [6.07, 6.45) is -1.52. The van der Waals surface area contributed by atoms with E-state index in [0.717, 1.165) is 6.26 Å². The maximum absolute atomic E-state index is 12.2. The van der Waals surface area contributed by atoms with Gasteiger partial charge in [0.15, 0.2) is 0 Å². The molecular formula is C18H21F2N3O4S. The third kappa shape index (κ3) is 7.78. The van der Waals surface area contributed by atoms with Crippen molar-refractivity contribution in [3.8, 4) is 5.75 Å². The summed E-state index contributed by atoms with van der Waals surface area (Å²) in [6, 6.07) is 12.7. The van der Waals surface area contributed by atoms with Crippen LogP contribution in [-0.4, -0.2) is 33.7 Å². The molecular weight excluding hydrogens is 392 g/mol. The lowest BCUT2D eigenvalue weighted by Gasteiger charge is -2.12. The Bertz CT molecular complexity index is 907. The Balaban J connectivity index is 1.86. The first kappa shape index (κ1) is 21.4. The minimum atomic E-state index is -3.44. The molecule has 2 amide bonds. The molecule has 10 heteroatoms. The molecule has 0 unspecified atom stereocenters. The van der Waals surface area contributed by atoms with Gasteiger partial charge >= 0.3 is 6.03 Å². The van der Waals surface area contributed by atoms with Gasteiger partial charge in [-0.1, -0.05) is 30.3 Å². The van der Waals surface area contributed by atoms with Crippen LogP contribution in [0.15, 0.2) is 48.5 Å². The normalized spacial score (nSPS) is 11.1. The number of halogens is 2. The van der Waals surface area contributed by atoms with Crippen molar-refractivity contribution in [1.82, 2.24) is 10.6 Å². The fourth-order valence-corrected chi connectivity index (χ4v) is 2.90. The van der Waals surface area contributed by atoms with Gasteiger partial charge in [-0.2, -0.15) is 0 Å². The van der Waals surface area contributed by atoms with E-state index < -0.39 is 29.1 Å². The maximum atomic E-state index is 12.2. The van der Waals surface area contributed by atoms with Crippen molar-refractivity contribution < 1.29 is 26.7 Å². The number of rotatable bonds is 9. The first-order valence-electron chi connectivity index (χ1n) is 8.30. The van der Waals surface area contributed by atoms with Gasteiger partial charge in [0.2, 0.25) is 10.0 Å². The molecule has 0 aliphatic rings. The van der Waals surface area contributed by atoms with Crippen molar-refractivity contribution in [2.45, 2.75) is 19.5 Å². The van der Waals surface area contributed by atoms with E-state index in [0.29, 0.717) is 22.6 Å². The van der Waals surface area contributed by atoms with Gasteiger partial charge in [-0.3, -0.25) is 4.72 Å². The Morgan fingerprint density at radius 3 is 2.50 bits per heavy atom. The van der Waals surface area contributed by atoms with E-state index in [1.54, 1.807) is 48.5 Å². The van der Waals surface area contributed by atoms with E-state index in [1.807, 2.05) is 0 Å². The minimum absolute atomic E-state index is 0.113. The zero-order valence-electron chi connectivity index (χ0n) is 15.1. The minimum Gasteiger partial charge on any atom is -0.488 e. The van der Waals surface area contributed by atoms with Crippen molar-refractivity contribution in [3.63, 3.8) is 0 Å². The van der Waals surface area contributed by atoms with Crippen molar-refractivity contribution in [2.24, 2.45) is 0 Å². The number of ether oxygens (including phenoxy) is 1. The number of carbonyl (C=O) groups excluding carboxylic acids is 1. The van der Waals surface area contributed by atoms with Gasteiger partial charge in [0.05, 0.1) is 11.9 Å². The molecule has 0 bridgehead atoms. The highest BCUT2D eigenvalue weighted by Gasteiger charge is 2.09. The molecule has 0 aliphatic heterocycles. The SMILES string of the molecule is CS(=O)(=O)Nc1ccccc1CNC(=O)NCc1cccc(OCC(F)F)c1. The van der Waals surface area contributed by atoms with Crippen LogP contribution in [0.2, 0.25) is 0 Å². The molecule has 0 heterocycles. The Labute approximate surface area is 162 Å². The van der Waals surface area contributed by atoms with E-state index >= 15 is 0 Å². The molecule has 3 N–H and O–H groups in total. The van der Waals surface area contributed by atoms with E-state index in [-0.39, 0.29) is 13.1 Å². The summed E-state index contributed by atoms with van der Waals surface area (Å²) in [5.41, 5.74) is 1.67. The van der Waals surface area contributed by atoms with Crippen LogP contribution in [0.3, 0.4) is 0 Å². The Kier molecular flexibility index (Phi) is 7.56. The molecule has 0 spiro atoms. The zero-order valence-corrected chi connectivity index (χ0v) is 15.9. The molecule has 0 aromatic heterocycles. The van der Waals surface area contributed by atoms with Crippen LogP contribution >= 0.6 is 0 Å². The van der Waals surface area contributed by atoms with E-state index in [1.165, 1.54) is 0 Å². The van der Waals surface area contributed by atoms with Crippen LogP contribution in [0.4, 0.5) is 19.3 Å². The third-order valence-electron chi connectivity index (χ3n) is 3.48. The molecule has 2 aromatic carbocycles. The molecule has 0 radical (unpaired) electrons. The van der Waals surface area contributed by atoms with Gasteiger partial charge < -0.3 is 15.4 Å². The third-order valence-corrected chi connectivity index (χ3v) is 4.07. The van der Waals surface area contributed by atoms with E-state index in [4.69, 9.17) is 4.74 Å². The highest BCUT2D eigenvalue weighted by Crippen LogP contribution is 2.16. The molecule has 0 saturated carbocycles. The lowest BCUT2D eigenvalue weighted by atomic mass is 10.2. The molecule has 7 nitrogen and oxygen atoms in total. The summed E-state index contributed by atoms with van der Waals surface area (Å²) in [4.78, 5) is 12.0. The van der Waals surface area contributed by atoms with E-state index in [2.05, 4.69) is 15.4 Å². The number of urea groups is 1. The lowest BCUT2D eigenvalue weighted by Crippen LogP contribution is -2.34. The monoisotopic (exact) mass is 413 g/mol. The number of carbonyl (C=O) groups is 1. The second-order valence-corrected chi connectivity index (χ2v) is 7.67. The predicted octanol–water partition coefficient (Wildman–Crippen LogP) is 2.70. The number of amides is 2. The first-order chi connectivity index (χ1) is 13.2. The Morgan fingerprint density at radius 2 is 1.79 bits per heavy atom. The van der Waals surface area contributed by atoms with Crippen LogP contribution < -0.4 is 20.1 Å². The average molecular weight is 413 g/mol. The zero-order chi connectivity index (χ0) is 20.6. The number of alkyl halides is 2. The van der Waals surface area contributed by atoms with Crippen molar-refractivity contribution in [1.29, 1.82) is 0 Å². The average Bonchev–Trinajstić information content (AvgIpc) is 2.63. The number of sulfonamides is 1. The number of benzene rings is 2. The van der Waals surface area contributed by atoms with Crippen molar-refractivity contribution >= 4 is 21.7 Å². The molecule has 0 atom stereocenters. The second kappa shape index (κ2) is 9.88. The molecule has 0 aliphatic carbocycles. The molecule has 2 rings (SSSR count). The second-order valence-electron chi connectivity index (χ2n) is 5.92. The fourth-order valence-electron chi connectivity index (χ4n) is 2.30. The van der Waals surface area contributed by atoms with Gasteiger partial charge in [-0.05, 0) is 29.3 Å². The van der Waals surface area contributed by atoms with Gasteiger partial charge in [0, 0.05) is 13.1 Å². The standard InChI is InChI=1S/C18H21F2N3O4S/c1-28(25,26)23-16-8-3-2-6-14(16)11-22-18(24)21-10-13-5-4-7-15(9-13)27-12-17(19)20/h2-9,17,23H,10-12H2,1H3,(H2,21,22,24). The van der Waals surface area contributed by atoms with Crippen molar-refractivity contribution in [2.75, 3.05) is 17.6 Å². The quantitative estimate of drug-likeness (QED) is 0.589. The molecule has 0 fully saturated rings. The maximum Gasteiger partial charge on any atom is 0.315 e. The van der Waals surface area contributed by atoms with Crippen molar-refractivity contribution in [3.05, 3.63) is 59.7 Å². The fraction of sp³-hybridized carbons (Fsp3) is 0.278. The summed E-state index contributed by atoms with van der Waals surface area (Å²) < 4.78 is 54.5. The number of hydrogen-bond donors (Lipinski definition) is 3. The summed E-state index contributed by atoms with van der Waals surface area (Å²) >= 11 is 0. The Hall–Kier alpha value is -2.88. The Morgan fingerprint density at radius 1 is 1.07 bits per heavy atom. The molecule has 152 valence electrons. The van der Waals surface area contributed by atoms with Crippen LogP contribution in [0.1, 0.15) is 11.1 Å². The predicted molar refractivity (Wildman–Crippen MR) is 102 cm³/mol. The summed E-state index contributed by atoms with van der Waals surface area (Å²) in [6.45, 7) is -0.415. The van der Waals surface area contributed by atoms with Crippen LogP contribution in [-0.2, 0) is 23.1 Å². The topological polar surface area (TPSA) is 96.5 Å². The molecule has 2 aromatic rings. The van der Waals surface area contributed by atoms with Crippen LogP contribution in [0.25, 0.3) is 0 Å². The number of nitrogens with one attached hydrogen (secondary N) is 3. The van der Waals surface area contributed by atoms with Gasteiger partial charge in [0.25, 0.3) is 6.43 Å². The number of para-hydroxylation sites is 1. The summed E-state index contributed by atoms with van der Waals surface area (Å²) in [5.74, 6) is 0.292. The van der Waals surface area contributed by atoms with E-state index in [9.17, 15) is 22.0 Å². The highest BCUT2D eigenvalue weighted by atomic mass is 32.2. The smallest absolute Gasteiger partial charge is 0.315 e. The van der Waals surface area contributed by atoms with Crippen LogP contribution in [0.5, 0.6) is 5.75 Å². The number of hydrogen-bond acceptors (Lipinski definition) is 4. The molecule has 28 heavy (non-hydrogen) atoms. The van der Waals surface area contributed by atoms with Crippen LogP contribution in [0, 0.1) is 0 Å². The first-order valence-corrected chi connectivity index (χ1v) is 10.2. The summed E-state index contributed by atoms with van der Waals surface area (Å²) in [7, 11) is -3.44. The summed E-state index contributed by atoms with van der Waals surface area (Å²) in [5, 5.41) is 5.27. The largest absolute Gasteiger partial charge is 0.488 e. The van der Waals surface area contributed by atoms with Gasteiger partial charge in [0.1, 0.15) is 12.4 Å². The lowest BCUT2D eigenvalue weighted by molar-refractivity contribution is 0.0818.